The minimum Gasteiger partial charge on any atom is -0.393 e. The smallest absolute Gasteiger partial charge is 0.134 e. The van der Waals surface area contributed by atoms with Gasteiger partial charge in [-0.1, -0.05) is 0 Å². The molecule has 1 unspecified atom stereocenters. The SMILES string of the molecule is CC(O)CCCNc1nccc2sccc12. The average Bonchev–Trinajstić information content (AvgIpc) is 2.72. The van der Waals surface area contributed by atoms with E-state index in [1.807, 2.05) is 19.2 Å². The molecule has 2 aromatic rings. The molecule has 2 N–H and O–H groups in total. The molecule has 16 heavy (non-hydrogen) atoms. The maximum absolute atomic E-state index is 9.15. The van der Waals surface area contributed by atoms with Crippen LogP contribution in [0.3, 0.4) is 0 Å². The van der Waals surface area contributed by atoms with Crippen LogP contribution in [0.5, 0.6) is 0 Å². The molecule has 0 radical (unpaired) electrons. The molecule has 0 saturated heterocycles. The highest BCUT2D eigenvalue weighted by Crippen LogP contribution is 2.25. The van der Waals surface area contributed by atoms with Crippen molar-refractivity contribution in [2.45, 2.75) is 25.9 Å². The lowest BCUT2D eigenvalue weighted by molar-refractivity contribution is 0.183. The Morgan fingerprint density at radius 3 is 3.19 bits per heavy atom. The highest BCUT2D eigenvalue weighted by Gasteiger charge is 2.02. The minimum absolute atomic E-state index is 0.216. The Morgan fingerprint density at radius 2 is 2.38 bits per heavy atom. The van der Waals surface area contributed by atoms with E-state index in [1.54, 1.807) is 11.3 Å². The predicted molar refractivity (Wildman–Crippen MR) is 69.0 cm³/mol. The summed E-state index contributed by atoms with van der Waals surface area (Å²) in [6.07, 6.45) is 3.40. The third kappa shape index (κ3) is 2.71. The highest BCUT2D eigenvalue weighted by atomic mass is 32.1. The van der Waals surface area contributed by atoms with E-state index in [4.69, 9.17) is 5.11 Å². The quantitative estimate of drug-likeness (QED) is 0.785. The zero-order valence-corrected chi connectivity index (χ0v) is 10.1. The van der Waals surface area contributed by atoms with Gasteiger partial charge in [0, 0.05) is 22.8 Å². The summed E-state index contributed by atoms with van der Waals surface area (Å²) < 4.78 is 1.26. The molecule has 1 atom stereocenters. The topological polar surface area (TPSA) is 45.1 Å². The van der Waals surface area contributed by atoms with E-state index in [-0.39, 0.29) is 6.10 Å². The van der Waals surface area contributed by atoms with Gasteiger partial charge in [0.15, 0.2) is 0 Å². The van der Waals surface area contributed by atoms with Crippen molar-refractivity contribution in [2.24, 2.45) is 0 Å². The molecular weight excluding hydrogens is 220 g/mol. The Hall–Kier alpha value is -1.13. The number of thiophene rings is 1. The van der Waals surface area contributed by atoms with Crippen LogP contribution in [0.15, 0.2) is 23.7 Å². The summed E-state index contributed by atoms with van der Waals surface area (Å²) in [6.45, 7) is 2.67. The van der Waals surface area contributed by atoms with Gasteiger partial charge < -0.3 is 10.4 Å². The second-order valence-electron chi connectivity index (χ2n) is 3.91. The molecule has 0 aromatic carbocycles. The number of nitrogens with zero attached hydrogens (tertiary/aromatic N) is 1. The molecule has 0 spiro atoms. The van der Waals surface area contributed by atoms with Crippen LogP contribution in [-0.4, -0.2) is 22.7 Å². The van der Waals surface area contributed by atoms with Gasteiger partial charge in [0.05, 0.1) is 6.10 Å². The van der Waals surface area contributed by atoms with Crippen molar-refractivity contribution >= 4 is 27.2 Å². The summed E-state index contributed by atoms with van der Waals surface area (Å²) in [5.74, 6) is 0.948. The molecule has 3 nitrogen and oxygen atoms in total. The van der Waals surface area contributed by atoms with E-state index in [2.05, 4.69) is 21.7 Å². The van der Waals surface area contributed by atoms with Gasteiger partial charge in [-0.25, -0.2) is 4.98 Å². The Morgan fingerprint density at radius 1 is 1.50 bits per heavy atom. The molecule has 4 heteroatoms. The third-order valence-corrected chi connectivity index (χ3v) is 3.35. The maximum Gasteiger partial charge on any atom is 0.134 e. The van der Waals surface area contributed by atoms with Crippen LogP contribution in [0.4, 0.5) is 5.82 Å². The molecule has 0 aliphatic heterocycles. The van der Waals surface area contributed by atoms with Crippen molar-refractivity contribution in [1.82, 2.24) is 4.98 Å². The Balaban J connectivity index is 1.96. The second-order valence-corrected chi connectivity index (χ2v) is 4.86. The van der Waals surface area contributed by atoms with Crippen molar-refractivity contribution in [3.05, 3.63) is 23.7 Å². The maximum atomic E-state index is 9.15. The number of fused-ring (bicyclic) bond motifs is 1. The summed E-state index contributed by atoms with van der Waals surface area (Å²) in [5, 5.41) is 15.7. The van der Waals surface area contributed by atoms with Crippen LogP contribution in [0.25, 0.3) is 10.1 Å². The fourth-order valence-electron chi connectivity index (χ4n) is 1.64. The summed E-state index contributed by atoms with van der Waals surface area (Å²) in [7, 11) is 0. The van der Waals surface area contributed by atoms with Crippen molar-refractivity contribution in [1.29, 1.82) is 0 Å². The number of hydrogen-bond donors (Lipinski definition) is 2. The van der Waals surface area contributed by atoms with Gasteiger partial charge in [-0.3, -0.25) is 0 Å². The number of nitrogens with one attached hydrogen (secondary N) is 1. The fraction of sp³-hybridized carbons (Fsp3) is 0.417. The van der Waals surface area contributed by atoms with Crippen LogP contribution < -0.4 is 5.32 Å². The first-order valence-corrected chi connectivity index (χ1v) is 6.39. The lowest BCUT2D eigenvalue weighted by atomic mass is 10.2. The molecule has 2 aromatic heterocycles. The summed E-state index contributed by atoms with van der Waals surface area (Å²) in [5.41, 5.74) is 0. The van der Waals surface area contributed by atoms with Gasteiger partial charge in [-0.05, 0) is 37.3 Å². The average molecular weight is 236 g/mol. The van der Waals surface area contributed by atoms with Gasteiger partial charge in [-0.15, -0.1) is 11.3 Å². The normalized spacial score (nSPS) is 12.9. The number of aromatic nitrogens is 1. The van der Waals surface area contributed by atoms with E-state index < -0.39 is 0 Å². The van der Waals surface area contributed by atoms with Crippen LogP contribution in [0.2, 0.25) is 0 Å². The molecule has 0 aliphatic rings. The summed E-state index contributed by atoms with van der Waals surface area (Å²) in [4.78, 5) is 4.33. The van der Waals surface area contributed by atoms with Crippen LogP contribution in [0.1, 0.15) is 19.8 Å². The molecule has 0 bridgehead atoms. The molecule has 0 aliphatic carbocycles. The van der Waals surface area contributed by atoms with Crippen LogP contribution in [-0.2, 0) is 0 Å². The molecular formula is C12H16N2OS. The van der Waals surface area contributed by atoms with E-state index in [0.29, 0.717) is 0 Å². The van der Waals surface area contributed by atoms with Crippen LogP contribution >= 0.6 is 11.3 Å². The number of rotatable bonds is 5. The Kier molecular flexibility index (Phi) is 3.74. The summed E-state index contributed by atoms with van der Waals surface area (Å²) in [6, 6.07) is 4.12. The van der Waals surface area contributed by atoms with Gasteiger partial charge in [0.25, 0.3) is 0 Å². The van der Waals surface area contributed by atoms with E-state index >= 15 is 0 Å². The fourth-order valence-corrected chi connectivity index (χ4v) is 2.42. The molecule has 0 fully saturated rings. The van der Waals surface area contributed by atoms with E-state index in [1.165, 1.54) is 10.1 Å². The first-order chi connectivity index (χ1) is 7.77. The lowest BCUT2D eigenvalue weighted by Gasteiger charge is -2.07. The molecule has 2 rings (SSSR count). The van der Waals surface area contributed by atoms with Crippen molar-refractivity contribution in [3.63, 3.8) is 0 Å². The highest BCUT2D eigenvalue weighted by molar-refractivity contribution is 7.17. The zero-order valence-electron chi connectivity index (χ0n) is 9.31. The van der Waals surface area contributed by atoms with Gasteiger partial charge in [0.1, 0.15) is 5.82 Å². The predicted octanol–water partition coefficient (Wildman–Crippen LogP) is 2.87. The largest absolute Gasteiger partial charge is 0.393 e. The molecule has 86 valence electrons. The minimum atomic E-state index is -0.216. The number of hydrogen-bond acceptors (Lipinski definition) is 4. The molecule has 0 saturated carbocycles. The molecule has 0 amide bonds. The van der Waals surface area contributed by atoms with Gasteiger partial charge >= 0.3 is 0 Å². The second kappa shape index (κ2) is 5.27. The van der Waals surface area contributed by atoms with Gasteiger partial charge in [-0.2, -0.15) is 0 Å². The lowest BCUT2D eigenvalue weighted by Crippen LogP contribution is -2.07. The number of aliphatic hydroxyl groups excluding tert-OH is 1. The number of aliphatic hydroxyl groups is 1. The van der Waals surface area contributed by atoms with E-state index in [9.17, 15) is 0 Å². The van der Waals surface area contributed by atoms with Crippen molar-refractivity contribution < 1.29 is 5.11 Å². The monoisotopic (exact) mass is 236 g/mol. The molecule has 2 heterocycles. The van der Waals surface area contributed by atoms with E-state index in [0.717, 1.165) is 25.2 Å². The number of pyridine rings is 1. The Bertz CT molecular complexity index is 453. The summed E-state index contributed by atoms with van der Waals surface area (Å²) >= 11 is 1.73. The van der Waals surface area contributed by atoms with Gasteiger partial charge in [0.2, 0.25) is 0 Å². The van der Waals surface area contributed by atoms with Crippen molar-refractivity contribution in [2.75, 3.05) is 11.9 Å². The first-order valence-electron chi connectivity index (χ1n) is 5.51. The first kappa shape index (κ1) is 11.4. The number of anilines is 1. The Labute approximate surface area is 99.1 Å². The van der Waals surface area contributed by atoms with Crippen molar-refractivity contribution in [3.8, 4) is 0 Å². The van der Waals surface area contributed by atoms with Crippen LogP contribution in [0, 0.1) is 0 Å². The third-order valence-electron chi connectivity index (χ3n) is 2.47. The standard InChI is InChI=1S/C12H16N2OS/c1-9(15)3-2-6-13-12-10-5-8-16-11(10)4-7-14-12/h4-5,7-9,15H,2-3,6H2,1H3,(H,13,14). The zero-order chi connectivity index (χ0) is 11.4.